The lowest BCUT2D eigenvalue weighted by Gasteiger charge is -2.50. The summed E-state index contributed by atoms with van der Waals surface area (Å²) in [5, 5.41) is 11.3. The molecule has 0 aliphatic heterocycles. The Bertz CT molecular complexity index is 258. The molecular weight excluding hydrogens is 246 g/mol. The molecule has 2 nitrogen and oxygen atoms in total. The second-order valence-electron chi connectivity index (χ2n) is 6.54. The zero-order chi connectivity index (χ0) is 15.2. The molecule has 0 saturated heterocycles. The highest BCUT2D eigenvalue weighted by molar-refractivity contribution is 4.99. The quantitative estimate of drug-likeness (QED) is 0.710. The van der Waals surface area contributed by atoms with Crippen molar-refractivity contribution in [3.8, 4) is 0 Å². The van der Waals surface area contributed by atoms with Gasteiger partial charge in [-0.05, 0) is 44.2 Å². The van der Waals surface area contributed by atoms with Crippen molar-refractivity contribution in [2.45, 2.75) is 91.2 Å². The first-order valence-electron chi connectivity index (χ1n) is 9.04. The molecule has 1 aliphatic carbocycles. The Balaban J connectivity index is 2.99. The van der Waals surface area contributed by atoms with Crippen molar-refractivity contribution in [1.82, 2.24) is 4.90 Å². The Morgan fingerprint density at radius 1 is 1.00 bits per heavy atom. The third-order valence-corrected chi connectivity index (χ3v) is 6.07. The first kappa shape index (κ1) is 18.0. The van der Waals surface area contributed by atoms with Crippen molar-refractivity contribution in [3.05, 3.63) is 0 Å². The van der Waals surface area contributed by atoms with Gasteiger partial charge in [0.25, 0.3) is 0 Å². The highest BCUT2D eigenvalue weighted by Gasteiger charge is 2.45. The maximum Gasteiger partial charge on any atom is 0.0754 e. The zero-order valence-electron chi connectivity index (χ0n) is 14.5. The van der Waals surface area contributed by atoms with Gasteiger partial charge in [0.1, 0.15) is 0 Å². The average Bonchev–Trinajstić information content (AvgIpc) is 2.52. The van der Waals surface area contributed by atoms with Gasteiger partial charge in [0.2, 0.25) is 0 Å². The fourth-order valence-corrected chi connectivity index (χ4v) is 4.71. The van der Waals surface area contributed by atoms with E-state index in [0.717, 1.165) is 31.8 Å². The van der Waals surface area contributed by atoms with Crippen LogP contribution >= 0.6 is 0 Å². The summed E-state index contributed by atoms with van der Waals surface area (Å²) in [6.45, 7) is 13.4. The molecule has 1 saturated carbocycles. The van der Waals surface area contributed by atoms with Crippen molar-refractivity contribution in [2.75, 3.05) is 13.1 Å². The Morgan fingerprint density at radius 2 is 1.55 bits per heavy atom. The molecule has 2 heteroatoms. The lowest BCUT2D eigenvalue weighted by Crippen LogP contribution is -2.59. The minimum atomic E-state index is -0.164. The van der Waals surface area contributed by atoms with Crippen LogP contribution in [0.3, 0.4) is 0 Å². The Kier molecular flexibility index (Phi) is 7.53. The summed E-state index contributed by atoms with van der Waals surface area (Å²) in [5.74, 6) is 1.24. The standard InChI is InChI=1S/C18H37NO/c1-6-15-13-11-12-14-16(15)17(20)18(7-2,8-3)19(9-4)10-5/h15-17,20H,6-14H2,1-5H3. The Hall–Kier alpha value is -0.0800. The van der Waals surface area contributed by atoms with Gasteiger partial charge in [-0.1, -0.05) is 60.3 Å². The molecule has 1 fully saturated rings. The molecule has 120 valence electrons. The van der Waals surface area contributed by atoms with Crippen molar-refractivity contribution in [3.63, 3.8) is 0 Å². The van der Waals surface area contributed by atoms with Crippen LogP contribution < -0.4 is 0 Å². The minimum absolute atomic E-state index is 0.0150. The van der Waals surface area contributed by atoms with E-state index in [4.69, 9.17) is 0 Å². The molecule has 0 heterocycles. The second-order valence-corrected chi connectivity index (χ2v) is 6.54. The van der Waals surface area contributed by atoms with Gasteiger partial charge in [-0.15, -0.1) is 0 Å². The molecule has 0 aromatic heterocycles. The van der Waals surface area contributed by atoms with Crippen LogP contribution in [-0.4, -0.2) is 34.7 Å². The van der Waals surface area contributed by atoms with Crippen LogP contribution in [0.4, 0.5) is 0 Å². The summed E-state index contributed by atoms with van der Waals surface area (Å²) in [6.07, 6.45) is 8.38. The summed E-state index contributed by atoms with van der Waals surface area (Å²) < 4.78 is 0. The van der Waals surface area contributed by atoms with Crippen LogP contribution in [0.25, 0.3) is 0 Å². The summed E-state index contributed by atoms with van der Waals surface area (Å²) in [5.41, 5.74) is -0.0150. The smallest absolute Gasteiger partial charge is 0.0754 e. The number of hydrogen-bond donors (Lipinski definition) is 1. The summed E-state index contributed by atoms with van der Waals surface area (Å²) in [4.78, 5) is 2.51. The first-order valence-corrected chi connectivity index (χ1v) is 9.04. The highest BCUT2D eigenvalue weighted by Crippen LogP contribution is 2.41. The van der Waals surface area contributed by atoms with Crippen molar-refractivity contribution < 1.29 is 5.11 Å². The number of aliphatic hydroxyl groups excluding tert-OH is 1. The molecule has 0 radical (unpaired) electrons. The SMILES string of the molecule is CCC1CCCCC1C(O)C(CC)(CC)N(CC)CC. The topological polar surface area (TPSA) is 23.5 Å². The van der Waals surface area contributed by atoms with Crippen LogP contribution in [-0.2, 0) is 0 Å². The molecule has 0 amide bonds. The van der Waals surface area contributed by atoms with Gasteiger partial charge in [0.15, 0.2) is 0 Å². The Labute approximate surface area is 126 Å². The van der Waals surface area contributed by atoms with Gasteiger partial charge < -0.3 is 5.11 Å². The fraction of sp³-hybridized carbons (Fsp3) is 1.00. The molecular formula is C18H37NO. The van der Waals surface area contributed by atoms with Gasteiger partial charge in [-0.3, -0.25) is 4.90 Å². The number of nitrogens with zero attached hydrogens (tertiary/aromatic N) is 1. The largest absolute Gasteiger partial charge is 0.391 e. The average molecular weight is 284 g/mol. The normalized spacial score (nSPS) is 25.9. The second kappa shape index (κ2) is 8.38. The van der Waals surface area contributed by atoms with E-state index in [1.807, 2.05) is 0 Å². The van der Waals surface area contributed by atoms with Gasteiger partial charge in [-0.25, -0.2) is 0 Å². The summed E-state index contributed by atoms with van der Waals surface area (Å²) in [7, 11) is 0. The van der Waals surface area contributed by atoms with Gasteiger partial charge in [0.05, 0.1) is 6.10 Å². The van der Waals surface area contributed by atoms with E-state index in [0.29, 0.717) is 5.92 Å². The Morgan fingerprint density at radius 3 is 2.00 bits per heavy atom. The summed E-state index contributed by atoms with van der Waals surface area (Å²) >= 11 is 0. The maximum atomic E-state index is 11.3. The fourth-order valence-electron chi connectivity index (χ4n) is 4.71. The van der Waals surface area contributed by atoms with Crippen LogP contribution in [0.2, 0.25) is 0 Å². The number of likely N-dealkylation sites (N-methyl/N-ethyl adjacent to an activating group) is 1. The molecule has 1 rings (SSSR count). The molecule has 3 atom stereocenters. The van der Waals surface area contributed by atoms with Crippen molar-refractivity contribution >= 4 is 0 Å². The van der Waals surface area contributed by atoms with Crippen LogP contribution in [0.15, 0.2) is 0 Å². The van der Waals surface area contributed by atoms with E-state index in [1.165, 1.54) is 32.1 Å². The van der Waals surface area contributed by atoms with E-state index in [1.54, 1.807) is 0 Å². The maximum absolute atomic E-state index is 11.3. The number of aliphatic hydroxyl groups is 1. The van der Waals surface area contributed by atoms with E-state index in [9.17, 15) is 5.11 Å². The highest BCUT2D eigenvalue weighted by atomic mass is 16.3. The molecule has 1 aliphatic rings. The predicted molar refractivity (Wildman–Crippen MR) is 88.0 cm³/mol. The number of rotatable bonds is 8. The first-order chi connectivity index (χ1) is 9.61. The van der Waals surface area contributed by atoms with Gasteiger partial charge >= 0.3 is 0 Å². The van der Waals surface area contributed by atoms with E-state index in [2.05, 4.69) is 39.5 Å². The van der Waals surface area contributed by atoms with E-state index in [-0.39, 0.29) is 11.6 Å². The van der Waals surface area contributed by atoms with Gasteiger partial charge in [-0.2, -0.15) is 0 Å². The molecule has 0 aromatic carbocycles. The van der Waals surface area contributed by atoms with Crippen LogP contribution in [0.1, 0.15) is 79.6 Å². The van der Waals surface area contributed by atoms with Gasteiger partial charge in [0, 0.05) is 5.54 Å². The molecule has 0 spiro atoms. The van der Waals surface area contributed by atoms with Crippen LogP contribution in [0, 0.1) is 11.8 Å². The summed E-state index contributed by atoms with van der Waals surface area (Å²) in [6, 6.07) is 0. The third-order valence-electron chi connectivity index (χ3n) is 6.07. The third kappa shape index (κ3) is 3.39. The predicted octanol–water partition coefficient (Wildman–Crippen LogP) is 4.46. The molecule has 1 N–H and O–H groups in total. The van der Waals surface area contributed by atoms with E-state index >= 15 is 0 Å². The number of hydrogen-bond acceptors (Lipinski definition) is 2. The monoisotopic (exact) mass is 283 g/mol. The van der Waals surface area contributed by atoms with E-state index < -0.39 is 0 Å². The molecule has 3 unspecified atom stereocenters. The zero-order valence-corrected chi connectivity index (χ0v) is 14.5. The van der Waals surface area contributed by atoms with Crippen molar-refractivity contribution in [2.24, 2.45) is 11.8 Å². The minimum Gasteiger partial charge on any atom is -0.391 e. The lowest BCUT2D eigenvalue weighted by atomic mass is 9.68. The lowest BCUT2D eigenvalue weighted by molar-refractivity contribution is -0.0855. The van der Waals surface area contributed by atoms with Crippen LogP contribution in [0.5, 0.6) is 0 Å². The molecule has 0 aromatic rings. The molecule has 20 heavy (non-hydrogen) atoms. The molecule has 0 bridgehead atoms. The van der Waals surface area contributed by atoms with Crippen molar-refractivity contribution in [1.29, 1.82) is 0 Å².